The molecule has 1 aromatic carbocycles. The Kier molecular flexibility index (Phi) is 9.11. The molecule has 1 aromatic heterocycles. The molecule has 1 aliphatic carbocycles. The normalized spacial score (nSPS) is 19.7. The van der Waals surface area contributed by atoms with Crippen molar-refractivity contribution in [1.82, 2.24) is 9.47 Å². The first-order chi connectivity index (χ1) is 18.2. The van der Waals surface area contributed by atoms with Gasteiger partial charge in [0.1, 0.15) is 17.7 Å². The number of ether oxygens (including phenoxy) is 2. The predicted molar refractivity (Wildman–Crippen MR) is 148 cm³/mol. The number of aromatic nitrogens is 1. The lowest BCUT2D eigenvalue weighted by molar-refractivity contribution is -0.144. The molecule has 1 aliphatic heterocycles. The Hall–Kier alpha value is -2.90. The largest absolute Gasteiger partial charge is 0.484 e. The van der Waals surface area contributed by atoms with Crippen molar-refractivity contribution in [2.75, 3.05) is 26.2 Å². The number of likely N-dealkylation sites (tertiary alicyclic amines) is 1. The lowest BCUT2D eigenvalue weighted by atomic mass is 10.0. The van der Waals surface area contributed by atoms with E-state index >= 15 is 0 Å². The van der Waals surface area contributed by atoms with E-state index in [9.17, 15) is 9.18 Å². The van der Waals surface area contributed by atoms with Crippen LogP contribution in [0.3, 0.4) is 0 Å². The van der Waals surface area contributed by atoms with Gasteiger partial charge < -0.3 is 19.5 Å². The van der Waals surface area contributed by atoms with Crippen molar-refractivity contribution in [2.24, 2.45) is 0 Å². The Bertz CT molecular complexity index is 1240. The molecule has 0 saturated carbocycles. The Balaban J connectivity index is 1.49. The number of carbonyl (C=O) groups is 1. The van der Waals surface area contributed by atoms with Gasteiger partial charge in [-0.05, 0) is 69.9 Å². The minimum Gasteiger partial charge on any atom is -0.484 e. The molecule has 1 N–H and O–H groups in total. The Morgan fingerprint density at radius 3 is 2.71 bits per heavy atom. The van der Waals surface area contributed by atoms with Crippen molar-refractivity contribution in [3.05, 3.63) is 81.6 Å². The topological polar surface area (TPSA) is 67.5 Å². The van der Waals surface area contributed by atoms with Crippen LogP contribution in [0.15, 0.2) is 48.4 Å². The van der Waals surface area contributed by atoms with Crippen molar-refractivity contribution in [1.29, 1.82) is 5.41 Å². The van der Waals surface area contributed by atoms with Gasteiger partial charge in [-0.1, -0.05) is 29.8 Å². The van der Waals surface area contributed by atoms with Gasteiger partial charge in [0.2, 0.25) is 0 Å². The highest BCUT2D eigenvalue weighted by Gasteiger charge is 2.25. The zero-order chi connectivity index (χ0) is 27.4. The third kappa shape index (κ3) is 6.38. The molecule has 2 aliphatic rings. The highest BCUT2D eigenvalue weighted by molar-refractivity contribution is 6.31. The SMILES string of the molecule is CCOC(=O)CN1CCC(n2cc(C3C=CCC(=N)C(OC(C)c4c(C)ccc(F)c4Cl)=C3)cc2C)CC1. The molecular formula is C30H37ClFN3O3. The number of carbonyl (C=O) groups excluding carboxylic acids is 1. The molecule has 0 radical (unpaired) electrons. The van der Waals surface area contributed by atoms with Gasteiger partial charge in [0.05, 0.1) is 23.9 Å². The molecule has 4 rings (SSSR count). The van der Waals surface area contributed by atoms with Crippen LogP contribution in [0.2, 0.25) is 5.02 Å². The molecule has 0 amide bonds. The van der Waals surface area contributed by atoms with Gasteiger partial charge in [-0.15, -0.1) is 0 Å². The van der Waals surface area contributed by atoms with Crippen molar-refractivity contribution in [3.63, 3.8) is 0 Å². The van der Waals surface area contributed by atoms with E-state index in [0.29, 0.717) is 42.6 Å². The summed E-state index contributed by atoms with van der Waals surface area (Å²) in [5.74, 6) is -0.196. The minimum atomic E-state index is -0.505. The number of hydrogen-bond acceptors (Lipinski definition) is 5. The molecule has 1 saturated heterocycles. The van der Waals surface area contributed by atoms with Crippen molar-refractivity contribution in [2.45, 2.75) is 65.0 Å². The summed E-state index contributed by atoms with van der Waals surface area (Å²) in [6.07, 6.45) is 10.2. The minimum absolute atomic E-state index is 0.0482. The van der Waals surface area contributed by atoms with Gasteiger partial charge in [0, 0.05) is 48.9 Å². The van der Waals surface area contributed by atoms with E-state index in [0.717, 1.165) is 37.1 Å². The molecule has 2 heterocycles. The number of piperidine rings is 1. The van der Waals surface area contributed by atoms with Crippen LogP contribution < -0.4 is 0 Å². The van der Waals surface area contributed by atoms with E-state index in [-0.39, 0.29) is 16.9 Å². The van der Waals surface area contributed by atoms with Crippen molar-refractivity contribution >= 4 is 23.3 Å². The first-order valence-electron chi connectivity index (χ1n) is 13.3. The lowest BCUT2D eigenvalue weighted by Crippen LogP contribution is -2.38. The molecule has 2 atom stereocenters. The number of nitrogens with one attached hydrogen (secondary N) is 1. The maximum absolute atomic E-state index is 14.1. The van der Waals surface area contributed by atoms with E-state index in [4.69, 9.17) is 26.5 Å². The molecular weight excluding hydrogens is 505 g/mol. The van der Waals surface area contributed by atoms with Gasteiger partial charge in [-0.3, -0.25) is 9.69 Å². The van der Waals surface area contributed by atoms with Gasteiger partial charge in [0.15, 0.2) is 0 Å². The van der Waals surface area contributed by atoms with E-state index < -0.39 is 11.9 Å². The van der Waals surface area contributed by atoms with E-state index in [1.54, 1.807) is 6.07 Å². The lowest BCUT2D eigenvalue weighted by Gasteiger charge is -2.32. The highest BCUT2D eigenvalue weighted by Crippen LogP contribution is 2.35. The van der Waals surface area contributed by atoms with Crippen LogP contribution in [-0.4, -0.2) is 47.4 Å². The first-order valence-corrected chi connectivity index (χ1v) is 13.7. The van der Waals surface area contributed by atoms with Crippen LogP contribution in [0, 0.1) is 25.1 Å². The van der Waals surface area contributed by atoms with Gasteiger partial charge in [-0.2, -0.15) is 0 Å². The smallest absolute Gasteiger partial charge is 0.320 e. The standard InChI is InChI=1S/C30H37ClFN3O3/c1-5-37-28(36)18-34-13-11-24(12-14-34)35-17-23(15-20(35)3)22-7-6-8-26(33)27(16-22)38-21(4)29-19(2)9-10-25(32)30(29)31/h6-7,9-10,15-17,21-22,24,33H,5,8,11-14,18H2,1-4H3. The number of aryl methyl sites for hydroxylation is 2. The number of halogens is 2. The quantitative estimate of drug-likeness (QED) is 0.294. The van der Waals surface area contributed by atoms with Crippen molar-refractivity contribution < 1.29 is 18.7 Å². The van der Waals surface area contributed by atoms with Crippen LogP contribution in [0.5, 0.6) is 0 Å². The van der Waals surface area contributed by atoms with Gasteiger partial charge >= 0.3 is 5.97 Å². The number of allylic oxidation sites excluding steroid dienone is 4. The van der Waals surface area contributed by atoms with Crippen LogP contribution in [-0.2, 0) is 14.3 Å². The van der Waals surface area contributed by atoms with Crippen LogP contribution in [0.1, 0.15) is 73.6 Å². The van der Waals surface area contributed by atoms with E-state index in [2.05, 4.69) is 34.7 Å². The van der Waals surface area contributed by atoms with E-state index in [1.807, 2.05) is 32.9 Å². The molecule has 38 heavy (non-hydrogen) atoms. The third-order valence-electron chi connectivity index (χ3n) is 7.42. The van der Waals surface area contributed by atoms with Gasteiger partial charge in [-0.25, -0.2) is 4.39 Å². The Morgan fingerprint density at radius 2 is 2.00 bits per heavy atom. The molecule has 2 unspecified atom stereocenters. The molecule has 6 nitrogen and oxygen atoms in total. The van der Waals surface area contributed by atoms with Crippen LogP contribution in [0.4, 0.5) is 4.39 Å². The fourth-order valence-corrected chi connectivity index (χ4v) is 5.78. The summed E-state index contributed by atoms with van der Waals surface area (Å²) in [6.45, 7) is 10.1. The summed E-state index contributed by atoms with van der Waals surface area (Å²) in [6, 6.07) is 5.62. The Morgan fingerprint density at radius 1 is 1.26 bits per heavy atom. The molecule has 204 valence electrons. The van der Waals surface area contributed by atoms with E-state index in [1.165, 1.54) is 11.8 Å². The van der Waals surface area contributed by atoms with Crippen LogP contribution in [0.25, 0.3) is 0 Å². The summed E-state index contributed by atoms with van der Waals surface area (Å²) < 4.78 is 27.8. The van der Waals surface area contributed by atoms with Crippen molar-refractivity contribution in [3.8, 4) is 0 Å². The third-order valence-corrected chi connectivity index (χ3v) is 7.80. The summed E-state index contributed by atoms with van der Waals surface area (Å²) in [4.78, 5) is 14.0. The maximum Gasteiger partial charge on any atom is 0.320 e. The number of esters is 1. The predicted octanol–water partition coefficient (Wildman–Crippen LogP) is 6.82. The fraction of sp³-hybridized carbons (Fsp3) is 0.467. The number of hydrogen-bond donors (Lipinski definition) is 1. The monoisotopic (exact) mass is 541 g/mol. The fourth-order valence-electron chi connectivity index (χ4n) is 5.42. The molecule has 2 aromatic rings. The average molecular weight is 542 g/mol. The number of benzene rings is 1. The summed E-state index contributed by atoms with van der Waals surface area (Å²) in [7, 11) is 0. The summed E-state index contributed by atoms with van der Waals surface area (Å²) in [5.41, 5.74) is 4.15. The summed E-state index contributed by atoms with van der Waals surface area (Å²) >= 11 is 6.28. The maximum atomic E-state index is 14.1. The zero-order valence-corrected chi connectivity index (χ0v) is 23.4. The molecule has 0 bridgehead atoms. The highest BCUT2D eigenvalue weighted by atomic mass is 35.5. The zero-order valence-electron chi connectivity index (χ0n) is 22.6. The summed E-state index contributed by atoms with van der Waals surface area (Å²) in [5, 5.41) is 8.61. The Labute approximate surface area is 229 Å². The molecule has 8 heteroatoms. The van der Waals surface area contributed by atoms with Crippen LogP contribution >= 0.6 is 11.6 Å². The molecule has 1 fully saturated rings. The van der Waals surface area contributed by atoms with Gasteiger partial charge in [0.25, 0.3) is 0 Å². The second kappa shape index (κ2) is 12.3. The number of nitrogens with zero attached hydrogens (tertiary/aromatic N) is 2. The molecule has 0 spiro atoms. The second-order valence-corrected chi connectivity index (χ2v) is 10.5. The average Bonchev–Trinajstić information content (AvgIpc) is 3.17. The first kappa shape index (κ1) is 28.1. The number of rotatable bonds is 8. The second-order valence-electron chi connectivity index (χ2n) is 10.2.